The Morgan fingerprint density at radius 2 is 0.883 bits per heavy atom. The van der Waals surface area contributed by atoms with Gasteiger partial charge in [0.25, 0.3) is 0 Å². The van der Waals surface area contributed by atoms with Crippen molar-refractivity contribution in [1.29, 1.82) is 0 Å². The van der Waals surface area contributed by atoms with Gasteiger partial charge in [-0.15, -0.1) is 32.8 Å². The molecule has 7 aromatic carbocycles. The predicted molar refractivity (Wildman–Crippen MR) is 285 cm³/mol. The first kappa shape index (κ1) is 38.0. The van der Waals surface area contributed by atoms with Gasteiger partial charge in [-0.1, -0.05) is 94.6 Å². The van der Waals surface area contributed by atoms with E-state index in [0.29, 0.717) is 17.5 Å². The van der Waals surface area contributed by atoms with Gasteiger partial charge < -0.3 is 8.98 Å². The van der Waals surface area contributed by atoms with E-state index in [1.54, 1.807) is 0 Å². The molecule has 10 rings (SSSR count). The Kier molecular flexibility index (Phi) is 9.02. The Labute approximate surface area is 359 Å². The fraction of sp³-hybridized carbons (Fsp3) is 0. The zero-order chi connectivity index (χ0) is 41.7. The van der Waals surface area contributed by atoms with E-state index in [1.165, 1.54) is 76.5 Å². The second-order valence-electron chi connectivity index (χ2n) is 16.7. The summed E-state index contributed by atoms with van der Waals surface area (Å²) in [4.78, 5) is 15.9. The minimum absolute atomic E-state index is 0.623. The molecule has 0 unspecified atom stereocenters. The smallest absolute Gasteiger partial charge is 0.164 e. The van der Waals surface area contributed by atoms with Gasteiger partial charge in [-0.05, 0) is 47.5 Å². The van der Waals surface area contributed by atoms with Crippen molar-refractivity contribution in [2.45, 2.75) is 0 Å². The molecule has 5 nitrogen and oxygen atoms in total. The van der Waals surface area contributed by atoms with Gasteiger partial charge in [0.05, 0.1) is 22.1 Å². The molecule has 0 saturated carbocycles. The van der Waals surface area contributed by atoms with Crippen LogP contribution in [0.25, 0.3) is 94.7 Å². The summed E-state index contributed by atoms with van der Waals surface area (Å²) in [5.41, 5.74) is 22.9. The summed E-state index contributed by atoms with van der Waals surface area (Å²) in [5, 5.41) is 4.54. The molecule has 3 aromatic heterocycles. The van der Waals surface area contributed by atoms with Crippen LogP contribution in [0.5, 0.6) is 0 Å². The van der Waals surface area contributed by atoms with Crippen molar-refractivity contribution in [3.8, 4) is 51.0 Å². The zero-order valence-electron chi connectivity index (χ0n) is 36.1. The van der Waals surface area contributed by atoms with E-state index in [0.717, 1.165) is 55.3 Å². The highest BCUT2D eigenvalue weighted by molar-refractivity contribution is 6.70. The van der Waals surface area contributed by atoms with Crippen LogP contribution in [-0.4, -0.2) is 98.0 Å². The highest BCUT2D eigenvalue weighted by Gasteiger charge is 2.23. The van der Waals surface area contributed by atoms with Gasteiger partial charge in [-0.25, -0.2) is 15.0 Å². The van der Waals surface area contributed by atoms with E-state index in [9.17, 15) is 0 Å². The maximum absolute atomic E-state index is 6.78. The molecule has 60 heavy (non-hydrogen) atoms. The van der Waals surface area contributed by atoms with E-state index >= 15 is 0 Å². The van der Waals surface area contributed by atoms with Crippen molar-refractivity contribution in [3.05, 3.63) is 109 Å². The molecular formula is C45H38B10N4O. The molecule has 0 fully saturated rings. The molecule has 0 atom stereocenters. The summed E-state index contributed by atoms with van der Waals surface area (Å²) in [6, 6.07) is 38.9. The van der Waals surface area contributed by atoms with E-state index in [2.05, 4.69) is 192 Å². The molecule has 3 heterocycles. The van der Waals surface area contributed by atoms with Crippen LogP contribution in [0.15, 0.2) is 114 Å². The van der Waals surface area contributed by atoms with Gasteiger partial charge in [0.1, 0.15) is 89.6 Å². The number of nitrogens with zero attached hydrogens (tertiary/aromatic N) is 4. The quantitative estimate of drug-likeness (QED) is 0.165. The zero-order valence-corrected chi connectivity index (χ0v) is 36.1. The summed E-state index contributed by atoms with van der Waals surface area (Å²) in [7, 11) is 22.0. The summed E-state index contributed by atoms with van der Waals surface area (Å²) in [6.07, 6.45) is 0. The largest absolute Gasteiger partial charge is 0.456 e. The van der Waals surface area contributed by atoms with Crippen LogP contribution in [0.4, 0.5) is 0 Å². The fourth-order valence-corrected chi connectivity index (χ4v) is 9.57. The van der Waals surface area contributed by atoms with Crippen molar-refractivity contribution in [2.75, 3.05) is 0 Å². The molecule has 0 bridgehead atoms. The first-order chi connectivity index (χ1) is 28.9. The van der Waals surface area contributed by atoms with E-state index in [-0.39, 0.29) is 0 Å². The predicted octanol–water partition coefficient (Wildman–Crippen LogP) is -5.88. The van der Waals surface area contributed by atoms with E-state index in [1.807, 2.05) is 0 Å². The molecule has 0 radical (unpaired) electrons. The third-order valence-electron chi connectivity index (χ3n) is 13.8. The number of rotatable bonds is 5. The Balaban J connectivity index is 1.20. The summed E-state index contributed by atoms with van der Waals surface area (Å²) < 4.78 is 9.18. The molecule has 0 aliphatic rings. The lowest BCUT2D eigenvalue weighted by molar-refractivity contribution is 0.669. The van der Waals surface area contributed by atoms with Gasteiger partial charge in [0, 0.05) is 32.8 Å². The summed E-state index contributed by atoms with van der Waals surface area (Å²) in [5.74, 6) is 2.01. The van der Waals surface area contributed by atoms with Gasteiger partial charge >= 0.3 is 0 Å². The standard InChI is InChI=1S/C45H38B10N4O/c46-33-31(34(47)38(51)41(54)37(33)50)44-56-43(57-45(58-44)32-35(48)39(52)42(55)40(53)36(32)49)21-14-16-24-29(18-21)60-28-12-6-11-26(30(24)28)59-25-10-5-4-9-22(25)23-15-13-20(17-27(23)59)19-7-2-1-3-8-19/h1-18H,46-55H2. The monoisotopic (exact) mass is 760 g/mol. The average molecular weight is 759 g/mol. The lowest BCUT2D eigenvalue weighted by Crippen LogP contribution is -2.55. The molecule has 0 N–H and O–H groups in total. The maximum Gasteiger partial charge on any atom is 0.164 e. The molecule has 10 aromatic rings. The third kappa shape index (κ3) is 5.73. The first-order valence-electron chi connectivity index (χ1n) is 20.9. The number of hydrogen-bond acceptors (Lipinski definition) is 4. The topological polar surface area (TPSA) is 56.7 Å². The fourth-order valence-electron chi connectivity index (χ4n) is 9.57. The van der Waals surface area contributed by atoms with Crippen LogP contribution in [0, 0.1) is 0 Å². The lowest BCUT2D eigenvalue weighted by atomic mass is 9.60. The minimum atomic E-state index is 0.623. The van der Waals surface area contributed by atoms with Crippen LogP contribution in [0.2, 0.25) is 0 Å². The van der Waals surface area contributed by atoms with Crippen molar-refractivity contribution in [1.82, 2.24) is 19.5 Å². The highest BCUT2D eigenvalue weighted by atomic mass is 16.3. The van der Waals surface area contributed by atoms with Gasteiger partial charge in [0.2, 0.25) is 0 Å². The number of hydrogen-bond donors (Lipinski definition) is 0. The van der Waals surface area contributed by atoms with Crippen molar-refractivity contribution < 1.29 is 4.42 Å². The van der Waals surface area contributed by atoms with Crippen LogP contribution in [0.1, 0.15) is 0 Å². The van der Waals surface area contributed by atoms with Gasteiger partial charge in [0.15, 0.2) is 17.5 Å². The summed E-state index contributed by atoms with van der Waals surface area (Å²) >= 11 is 0. The molecule has 0 amide bonds. The van der Waals surface area contributed by atoms with Crippen LogP contribution in [0.3, 0.4) is 0 Å². The first-order valence-corrected chi connectivity index (χ1v) is 20.9. The highest BCUT2D eigenvalue weighted by Crippen LogP contribution is 2.40. The van der Waals surface area contributed by atoms with Crippen molar-refractivity contribution >= 4 is 177 Å². The Hall–Kier alpha value is -6.20. The van der Waals surface area contributed by atoms with Crippen molar-refractivity contribution in [2.24, 2.45) is 0 Å². The van der Waals surface area contributed by atoms with Gasteiger partial charge in [-0.2, -0.15) is 0 Å². The summed E-state index contributed by atoms with van der Waals surface area (Å²) in [6.45, 7) is 0. The molecule has 274 valence electrons. The number of benzene rings is 7. The SMILES string of the molecule is Bc1c(B)c(B)c(-c2nc(-c3ccc4c(c3)oc3cccc(-n5c6ccccc6c6ccc(-c7ccccc7)cc65)c34)nc(-c3c(B)c(B)c(B)c(B)c3B)n2)c(B)c1B. The Bertz CT molecular complexity index is 3310. The Morgan fingerprint density at radius 3 is 1.52 bits per heavy atom. The molecule has 0 aliphatic carbocycles. The van der Waals surface area contributed by atoms with Crippen LogP contribution >= 0.6 is 0 Å². The molecule has 15 heteroatoms. The minimum Gasteiger partial charge on any atom is -0.456 e. The molecular weight excluding hydrogens is 721 g/mol. The number of fused-ring (bicyclic) bond motifs is 6. The third-order valence-corrected chi connectivity index (χ3v) is 13.8. The van der Waals surface area contributed by atoms with Crippen LogP contribution in [-0.2, 0) is 0 Å². The van der Waals surface area contributed by atoms with Crippen LogP contribution < -0.4 is 54.6 Å². The van der Waals surface area contributed by atoms with E-state index < -0.39 is 0 Å². The molecule has 0 spiro atoms. The molecule has 0 saturated heterocycles. The molecule has 0 aliphatic heterocycles. The normalized spacial score (nSPS) is 11.7. The lowest BCUT2D eigenvalue weighted by Gasteiger charge is -2.22. The maximum atomic E-state index is 6.78. The number of para-hydroxylation sites is 1. The Morgan fingerprint density at radius 1 is 0.367 bits per heavy atom. The number of furan rings is 1. The average Bonchev–Trinajstić information content (AvgIpc) is 3.82. The van der Waals surface area contributed by atoms with E-state index in [4.69, 9.17) is 19.4 Å². The second kappa shape index (κ2) is 14.2. The number of aromatic nitrogens is 4. The second-order valence-corrected chi connectivity index (χ2v) is 16.7. The van der Waals surface area contributed by atoms with Crippen molar-refractivity contribution in [3.63, 3.8) is 0 Å². The van der Waals surface area contributed by atoms with Gasteiger partial charge in [-0.3, -0.25) is 0 Å².